The van der Waals surface area contributed by atoms with Crippen molar-refractivity contribution in [2.75, 3.05) is 13.1 Å². The van der Waals surface area contributed by atoms with E-state index in [1.165, 1.54) is 18.4 Å². The predicted octanol–water partition coefficient (Wildman–Crippen LogP) is 2.01. The first-order chi connectivity index (χ1) is 10.3. The summed E-state index contributed by atoms with van der Waals surface area (Å²) >= 11 is 1.75. The Bertz CT molecular complexity index is 500. The molecule has 1 aliphatic carbocycles. The van der Waals surface area contributed by atoms with Gasteiger partial charge in [-0.15, -0.1) is 0 Å². The summed E-state index contributed by atoms with van der Waals surface area (Å²) in [5, 5.41) is 7.39. The van der Waals surface area contributed by atoms with Crippen LogP contribution in [-0.4, -0.2) is 42.1 Å². The van der Waals surface area contributed by atoms with Crippen LogP contribution in [0.5, 0.6) is 0 Å². The van der Waals surface area contributed by atoms with E-state index >= 15 is 0 Å². The van der Waals surface area contributed by atoms with Gasteiger partial charge >= 0.3 is 0 Å². The lowest BCUT2D eigenvalue weighted by Crippen LogP contribution is -2.37. The summed E-state index contributed by atoms with van der Waals surface area (Å²) in [6.45, 7) is 2.92. The zero-order chi connectivity index (χ0) is 14.2. The van der Waals surface area contributed by atoms with Crippen molar-refractivity contribution < 1.29 is 9.53 Å². The van der Waals surface area contributed by atoms with Crippen molar-refractivity contribution in [2.24, 2.45) is 5.92 Å². The lowest BCUT2D eigenvalue weighted by Gasteiger charge is -2.22. The summed E-state index contributed by atoms with van der Waals surface area (Å²) in [6, 6.07) is 2.61. The SMILES string of the molecule is O=C(NCC1CC1)[C@H]1C[C@H]2[C@H](CCN2Cc2ccsc2)O1. The molecule has 3 atom stereocenters. The van der Waals surface area contributed by atoms with Crippen molar-refractivity contribution in [3.8, 4) is 0 Å². The molecule has 4 nitrogen and oxygen atoms in total. The molecule has 21 heavy (non-hydrogen) atoms. The normalized spacial score (nSPS) is 32.3. The molecular weight excluding hydrogens is 284 g/mol. The zero-order valence-corrected chi connectivity index (χ0v) is 13.0. The Hall–Kier alpha value is -0.910. The quantitative estimate of drug-likeness (QED) is 0.905. The average Bonchev–Trinajstić information content (AvgIpc) is 2.90. The number of nitrogens with zero attached hydrogens (tertiary/aromatic N) is 1. The second kappa shape index (κ2) is 5.71. The monoisotopic (exact) mass is 306 g/mol. The smallest absolute Gasteiger partial charge is 0.249 e. The minimum absolute atomic E-state index is 0.104. The van der Waals surface area contributed by atoms with E-state index in [9.17, 15) is 4.79 Å². The van der Waals surface area contributed by atoms with Crippen LogP contribution in [0.1, 0.15) is 31.2 Å². The third-order valence-electron chi connectivity index (χ3n) is 4.91. The Balaban J connectivity index is 1.32. The Morgan fingerprint density at radius 1 is 1.43 bits per heavy atom. The van der Waals surface area contributed by atoms with Crippen LogP contribution in [0.3, 0.4) is 0 Å². The van der Waals surface area contributed by atoms with Gasteiger partial charge in [-0.25, -0.2) is 0 Å². The van der Waals surface area contributed by atoms with Gasteiger partial charge in [0.05, 0.1) is 6.10 Å². The molecule has 3 fully saturated rings. The largest absolute Gasteiger partial charge is 0.363 e. The highest BCUT2D eigenvalue weighted by Gasteiger charge is 2.45. The first kappa shape index (κ1) is 13.7. The highest BCUT2D eigenvalue weighted by Crippen LogP contribution is 2.34. The number of amides is 1. The van der Waals surface area contributed by atoms with E-state index in [2.05, 4.69) is 27.0 Å². The molecule has 0 radical (unpaired) electrons. The van der Waals surface area contributed by atoms with E-state index in [-0.39, 0.29) is 18.1 Å². The molecule has 3 aliphatic rings. The topological polar surface area (TPSA) is 41.6 Å². The van der Waals surface area contributed by atoms with Crippen molar-refractivity contribution >= 4 is 17.2 Å². The number of thiophene rings is 1. The van der Waals surface area contributed by atoms with Crippen molar-refractivity contribution in [3.05, 3.63) is 22.4 Å². The number of carbonyl (C=O) groups is 1. The van der Waals surface area contributed by atoms with Crippen LogP contribution < -0.4 is 5.32 Å². The lowest BCUT2D eigenvalue weighted by molar-refractivity contribution is -0.132. The highest BCUT2D eigenvalue weighted by molar-refractivity contribution is 7.07. The van der Waals surface area contributed by atoms with Crippen LogP contribution in [0.15, 0.2) is 16.8 Å². The van der Waals surface area contributed by atoms with E-state index in [1.54, 1.807) is 11.3 Å². The van der Waals surface area contributed by atoms with Gasteiger partial charge in [0.15, 0.2) is 0 Å². The zero-order valence-electron chi connectivity index (χ0n) is 12.2. The molecule has 5 heteroatoms. The number of fused-ring (bicyclic) bond motifs is 1. The molecule has 2 saturated heterocycles. The fourth-order valence-corrected chi connectivity index (χ4v) is 4.15. The van der Waals surface area contributed by atoms with Crippen molar-refractivity contribution in [1.29, 1.82) is 0 Å². The first-order valence-electron chi connectivity index (χ1n) is 7.98. The number of hydrogen-bond donors (Lipinski definition) is 1. The van der Waals surface area contributed by atoms with Crippen molar-refractivity contribution in [1.82, 2.24) is 10.2 Å². The van der Waals surface area contributed by atoms with Gasteiger partial charge in [-0.05, 0) is 47.6 Å². The van der Waals surface area contributed by atoms with Crippen molar-refractivity contribution in [3.63, 3.8) is 0 Å². The predicted molar refractivity (Wildman–Crippen MR) is 82.1 cm³/mol. The first-order valence-corrected chi connectivity index (χ1v) is 8.92. The molecule has 4 rings (SSSR count). The van der Waals surface area contributed by atoms with Crippen LogP contribution in [0.25, 0.3) is 0 Å². The molecule has 1 aromatic rings. The summed E-state index contributed by atoms with van der Waals surface area (Å²) in [6.07, 6.45) is 4.47. The number of ether oxygens (including phenoxy) is 1. The van der Waals surface area contributed by atoms with Crippen LogP contribution in [0, 0.1) is 5.92 Å². The maximum atomic E-state index is 12.2. The molecule has 0 bridgehead atoms. The fourth-order valence-electron chi connectivity index (χ4n) is 3.49. The van der Waals surface area contributed by atoms with E-state index in [1.807, 2.05) is 0 Å². The maximum absolute atomic E-state index is 12.2. The molecule has 3 heterocycles. The van der Waals surface area contributed by atoms with Gasteiger partial charge in [0, 0.05) is 32.1 Å². The Kier molecular flexibility index (Phi) is 3.73. The molecule has 0 unspecified atom stereocenters. The van der Waals surface area contributed by atoms with Crippen LogP contribution >= 0.6 is 11.3 Å². The van der Waals surface area contributed by atoms with E-state index in [0.29, 0.717) is 6.04 Å². The molecular formula is C16H22N2O2S. The molecule has 1 saturated carbocycles. The van der Waals surface area contributed by atoms with Gasteiger partial charge < -0.3 is 10.1 Å². The Labute approximate surface area is 129 Å². The Morgan fingerprint density at radius 2 is 2.33 bits per heavy atom. The highest BCUT2D eigenvalue weighted by atomic mass is 32.1. The average molecular weight is 306 g/mol. The number of nitrogens with one attached hydrogen (secondary N) is 1. The summed E-state index contributed by atoms with van der Waals surface area (Å²) in [5.74, 6) is 0.830. The summed E-state index contributed by atoms with van der Waals surface area (Å²) in [5.41, 5.74) is 1.38. The van der Waals surface area contributed by atoms with Crippen LogP contribution in [0.4, 0.5) is 0 Å². The summed E-state index contributed by atoms with van der Waals surface area (Å²) < 4.78 is 6.00. The molecule has 1 aromatic heterocycles. The molecule has 1 amide bonds. The van der Waals surface area contributed by atoms with Gasteiger partial charge in [-0.3, -0.25) is 9.69 Å². The van der Waals surface area contributed by atoms with Crippen LogP contribution in [0.2, 0.25) is 0 Å². The molecule has 0 aromatic carbocycles. The molecule has 2 aliphatic heterocycles. The molecule has 114 valence electrons. The standard InChI is InChI=1S/C16H22N2O2S/c19-16(17-8-11-1-2-11)15-7-13-14(20-15)3-5-18(13)9-12-4-6-21-10-12/h4,6,10-11,13-15H,1-3,5,7-9H2,(H,17,19)/t13-,14-,15+/m0/s1. The van der Waals surface area contributed by atoms with Gasteiger partial charge in [0.1, 0.15) is 6.10 Å². The van der Waals surface area contributed by atoms with Gasteiger partial charge in [0.2, 0.25) is 5.91 Å². The number of rotatable bonds is 5. The summed E-state index contributed by atoms with van der Waals surface area (Å²) in [4.78, 5) is 14.7. The number of likely N-dealkylation sites (tertiary alicyclic amines) is 1. The van der Waals surface area contributed by atoms with E-state index < -0.39 is 0 Å². The third kappa shape index (κ3) is 3.00. The van der Waals surface area contributed by atoms with Gasteiger partial charge in [0.25, 0.3) is 0 Å². The number of carbonyl (C=O) groups excluding carboxylic acids is 1. The van der Waals surface area contributed by atoms with E-state index in [4.69, 9.17) is 4.74 Å². The maximum Gasteiger partial charge on any atom is 0.249 e. The molecule has 1 N–H and O–H groups in total. The lowest BCUT2D eigenvalue weighted by atomic mass is 10.1. The second-order valence-corrected chi connectivity index (χ2v) is 7.33. The summed E-state index contributed by atoms with van der Waals surface area (Å²) in [7, 11) is 0. The van der Waals surface area contributed by atoms with Gasteiger partial charge in [-0.1, -0.05) is 0 Å². The minimum atomic E-state index is -0.232. The van der Waals surface area contributed by atoms with Gasteiger partial charge in [-0.2, -0.15) is 11.3 Å². The molecule has 0 spiro atoms. The third-order valence-corrected chi connectivity index (χ3v) is 5.65. The second-order valence-electron chi connectivity index (χ2n) is 6.55. The number of hydrogen-bond acceptors (Lipinski definition) is 4. The fraction of sp³-hybridized carbons (Fsp3) is 0.688. The Morgan fingerprint density at radius 3 is 3.10 bits per heavy atom. The van der Waals surface area contributed by atoms with E-state index in [0.717, 1.165) is 38.4 Å². The van der Waals surface area contributed by atoms with Crippen molar-refractivity contribution in [2.45, 2.75) is 50.5 Å². The minimum Gasteiger partial charge on any atom is -0.363 e. The van der Waals surface area contributed by atoms with Crippen LogP contribution in [-0.2, 0) is 16.1 Å².